The van der Waals surface area contributed by atoms with Crippen LogP contribution in [0.3, 0.4) is 0 Å². The van der Waals surface area contributed by atoms with E-state index in [9.17, 15) is 10.2 Å². The van der Waals surface area contributed by atoms with Gasteiger partial charge in [0.25, 0.3) is 0 Å². The maximum absolute atomic E-state index is 10.2. The number of aromatic hydroxyl groups is 1. The quantitative estimate of drug-likeness (QED) is 0.688. The summed E-state index contributed by atoms with van der Waals surface area (Å²) in [5.41, 5.74) is 5.84. The van der Waals surface area contributed by atoms with Crippen molar-refractivity contribution in [2.45, 2.75) is 18.4 Å². The molecule has 4 N–H and O–H groups in total. The van der Waals surface area contributed by atoms with Crippen molar-refractivity contribution in [2.24, 2.45) is 5.73 Å². The van der Waals surface area contributed by atoms with E-state index >= 15 is 0 Å². The lowest BCUT2D eigenvalue weighted by molar-refractivity contribution is 0.0347. The molecule has 16 heavy (non-hydrogen) atoms. The summed E-state index contributed by atoms with van der Waals surface area (Å²) in [5, 5.41) is 19.4. The van der Waals surface area contributed by atoms with E-state index in [1.807, 2.05) is 12.1 Å². The maximum atomic E-state index is 10.2. The first-order valence-electron chi connectivity index (χ1n) is 5.59. The minimum Gasteiger partial charge on any atom is -0.508 e. The summed E-state index contributed by atoms with van der Waals surface area (Å²) in [4.78, 5) is 2.11. The molecule has 1 unspecified atom stereocenters. The number of phenols is 1. The molecule has 4 heteroatoms. The van der Waals surface area contributed by atoms with Crippen molar-refractivity contribution in [3.8, 4) is 5.75 Å². The van der Waals surface area contributed by atoms with Gasteiger partial charge in [-0.1, -0.05) is 0 Å². The highest BCUT2D eigenvalue weighted by atomic mass is 16.3. The fraction of sp³-hybridized carbons (Fsp3) is 0.500. The highest BCUT2D eigenvalue weighted by molar-refractivity contribution is 5.49. The molecule has 1 saturated heterocycles. The molecule has 88 valence electrons. The smallest absolute Gasteiger partial charge is 0.115 e. The van der Waals surface area contributed by atoms with Crippen molar-refractivity contribution in [1.29, 1.82) is 0 Å². The zero-order chi connectivity index (χ0) is 11.6. The van der Waals surface area contributed by atoms with Crippen LogP contribution < -0.4 is 10.6 Å². The van der Waals surface area contributed by atoms with Crippen LogP contribution in [0.25, 0.3) is 0 Å². The molecule has 1 aliphatic rings. The van der Waals surface area contributed by atoms with Crippen LogP contribution in [0.1, 0.15) is 12.8 Å². The average molecular weight is 222 g/mol. The number of piperidine rings is 1. The van der Waals surface area contributed by atoms with Crippen LogP contribution in [0.2, 0.25) is 0 Å². The predicted octanol–water partition coefficient (Wildman–Crippen LogP) is 0.682. The number of phenolic OH excluding ortho intramolecular Hbond substituents is 1. The van der Waals surface area contributed by atoms with E-state index in [1.165, 1.54) is 0 Å². The first kappa shape index (κ1) is 11.2. The number of benzene rings is 1. The van der Waals surface area contributed by atoms with Crippen molar-refractivity contribution in [3.05, 3.63) is 24.3 Å². The van der Waals surface area contributed by atoms with Gasteiger partial charge in [0, 0.05) is 25.3 Å². The van der Waals surface area contributed by atoms with Crippen LogP contribution in [0.15, 0.2) is 24.3 Å². The number of hydrogen-bond acceptors (Lipinski definition) is 4. The largest absolute Gasteiger partial charge is 0.508 e. The summed E-state index contributed by atoms with van der Waals surface area (Å²) in [7, 11) is 0. The molecule has 1 aliphatic heterocycles. The molecule has 0 spiro atoms. The van der Waals surface area contributed by atoms with Crippen LogP contribution in [0, 0.1) is 0 Å². The second-order valence-electron chi connectivity index (χ2n) is 4.47. The number of nitrogens with two attached hydrogens (primary N) is 1. The van der Waals surface area contributed by atoms with Crippen molar-refractivity contribution in [2.75, 3.05) is 24.5 Å². The number of aliphatic hydroxyl groups is 1. The third kappa shape index (κ3) is 2.28. The standard InChI is InChI=1S/C12H18N2O2/c13-8-12(16)6-1-7-14(9-12)10-2-4-11(15)5-3-10/h2-5,15-16H,1,6-9,13H2. The molecule has 0 aliphatic carbocycles. The van der Waals surface area contributed by atoms with Gasteiger partial charge in [-0.15, -0.1) is 0 Å². The molecule has 1 atom stereocenters. The molecule has 1 aromatic carbocycles. The molecule has 1 fully saturated rings. The first-order chi connectivity index (χ1) is 7.63. The Kier molecular flexibility index (Phi) is 3.03. The van der Waals surface area contributed by atoms with Gasteiger partial charge in [0.05, 0.1) is 5.60 Å². The Morgan fingerprint density at radius 3 is 2.62 bits per heavy atom. The number of β-amino-alcohol motifs (C(OH)–C–C–N with tert-alkyl or cyclic N) is 1. The lowest BCUT2D eigenvalue weighted by Crippen LogP contribution is -2.52. The summed E-state index contributed by atoms with van der Waals surface area (Å²) in [5.74, 6) is 0.259. The fourth-order valence-electron chi connectivity index (χ4n) is 2.16. The Morgan fingerprint density at radius 1 is 1.31 bits per heavy atom. The Hall–Kier alpha value is -1.26. The van der Waals surface area contributed by atoms with E-state index in [-0.39, 0.29) is 5.75 Å². The van der Waals surface area contributed by atoms with Gasteiger partial charge < -0.3 is 20.8 Å². The lowest BCUT2D eigenvalue weighted by atomic mass is 9.92. The van der Waals surface area contributed by atoms with E-state index < -0.39 is 5.60 Å². The molecule has 1 heterocycles. The molecular formula is C12H18N2O2. The normalized spacial score (nSPS) is 25.8. The van der Waals surface area contributed by atoms with Gasteiger partial charge in [0.15, 0.2) is 0 Å². The van der Waals surface area contributed by atoms with Crippen molar-refractivity contribution in [1.82, 2.24) is 0 Å². The van der Waals surface area contributed by atoms with Gasteiger partial charge in [0.1, 0.15) is 5.75 Å². The second kappa shape index (κ2) is 4.31. The van der Waals surface area contributed by atoms with Gasteiger partial charge >= 0.3 is 0 Å². The molecular weight excluding hydrogens is 204 g/mol. The van der Waals surface area contributed by atoms with Crippen molar-refractivity contribution >= 4 is 5.69 Å². The predicted molar refractivity (Wildman–Crippen MR) is 63.6 cm³/mol. The van der Waals surface area contributed by atoms with Gasteiger partial charge in [-0.05, 0) is 37.1 Å². The van der Waals surface area contributed by atoms with Crippen LogP contribution in [-0.4, -0.2) is 35.4 Å². The Labute approximate surface area is 95.3 Å². The summed E-state index contributed by atoms with van der Waals surface area (Å²) < 4.78 is 0. The number of anilines is 1. The van der Waals surface area contributed by atoms with Gasteiger partial charge in [-0.3, -0.25) is 0 Å². The zero-order valence-corrected chi connectivity index (χ0v) is 9.26. The van der Waals surface area contributed by atoms with E-state index in [2.05, 4.69) is 4.90 Å². The molecule has 0 aromatic heterocycles. The number of rotatable bonds is 2. The minimum atomic E-state index is -0.768. The molecule has 2 rings (SSSR count). The van der Waals surface area contributed by atoms with E-state index in [0.29, 0.717) is 13.1 Å². The SMILES string of the molecule is NCC1(O)CCCN(c2ccc(O)cc2)C1. The van der Waals surface area contributed by atoms with Gasteiger partial charge in [-0.25, -0.2) is 0 Å². The van der Waals surface area contributed by atoms with Crippen molar-refractivity contribution < 1.29 is 10.2 Å². The molecule has 1 aromatic rings. The molecule has 0 bridgehead atoms. The van der Waals surface area contributed by atoms with Crippen LogP contribution in [-0.2, 0) is 0 Å². The Bertz CT molecular complexity index is 353. The Morgan fingerprint density at radius 2 is 2.00 bits per heavy atom. The minimum absolute atomic E-state index is 0.259. The summed E-state index contributed by atoms with van der Waals surface area (Å²) in [6, 6.07) is 7.03. The third-order valence-corrected chi connectivity index (χ3v) is 3.15. The second-order valence-corrected chi connectivity index (χ2v) is 4.47. The lowest BCUT2D eigenvalue weighted by Gasteiger charge is -2.39. The number of hydrogen-bond donors (Lipinski definition) is 3. The van der Waals surface area contributed by atoms with E-state index in [0.717, 1.165) is 25.1 Å². The topological polar surface area (TPSA) is 69.7 Å². The summed E-state index contributed by atoms with van der Waals surface area (Å²) >= 11 is 0. The molecule has 0 amide bonds. The summed E-state index contributed by atoms with van der Waals surface area (Å²) in [6.45, 7) is 1.78. The van der Waals surface area contributed by atoms with E-state index in [4.69, 9.17) is 5.73 Å². The van der Waals surface area contributed by atoms with Crippen LogP contribution >= 0.6 is 0 Å². The molecule has 0 saturated carbocycles. The maximum Gasteiger partial charge on any atom is 0.115 e. The molecule has 0 radical (unpaired) electrons. The number of nitrogens with zero attached hydrogens (tertiary/aromatic N) is 1. The third-order valence-electron chi connectivity index (χ3n) is 3.15. The van der Waals surface area contributed by atoms with Gasteiger partial charge in [-0.2, -0.15) is 0 Å². The highest BCUT2D eigenvalue weighted by Crippen LogP contribution is 2.26. The highest BCUT2D eigenvalue weighted by Gasteiger charge is 2.31. The van der Waals surface area contributed by atoms with Crippen LogP contribution in [0.4, 0.5) is 5.69 Å². The fourth-order valence-corrected chi connectivity index (χ4v) is 2.16. The summed E-state index contributed by atoms with van der Waals surface area (Å²) in [6.07, 6.45) is 1.70. The van der Waals surface area contributed by atoms with Gasteiger partial charge in [0.2, 0.25) is 0 Å². The Balaban J connectivity index is 2.12. The van der Waals surface area contributed by atoms with E-state index in [1.54, 1.807) is 12.1 Å². The first-order valence-corrected chi connectivity index (χ1v) is 5.59. The monoisotopic (exact) mass is 222 g/mol. The molecule has 4 nitrogen and oxygen atoms in total. The van der Waals surface area contributed by atoms with Crippen LogP contribution in [0.5, 0.6) is 5.75 Å². The van der Waals surface area contributed by atoms with Crippen molar-refractivity contribution in [3.63, 3.8) is 0 Å². The zero-order valence-electron chi connectivity index (χ0n) is 9.26. The average Bonchev–Trinajstić information content (AvgIpc) is 2.30.